The summed E-state index contributed by atoms with van der Waals surface area (Å²) >= 11 is 0. The number of allylic oxidation sites excluding steroid dienone is 4. The van der Waals surface area contributed by atoms with E-state index in [-0.39, 0.29) is 11.4 Å². The van der Waals surface area contributed by atoms with Gasteiger partial charge in [0.05, 0.1) is 0 Å². The lowest BCUT2D eigenvalue weighted by Crippen LogP contribution is -2.23. The molecule has 1 fully saturated rings. The minimum atomic E-state index is -0.808. The lowest BCUT2D eigenvalue weighted by Gasteiger charge is -2.35. The van der Waals surface area contributed by atoms with Crippen molar-refractivity contribution in [3.05, 3.63) is 101 Å². The van der Waals surface area contributed by atoms with E-state index < -0.39 is 11.6 Å². The van der Waals surface area contributed by atoms with Crippen molar-refractivity contribution in [2.75, 3.05) is 0 Å². The normalized spacial score (nSPS) is 20.7. The number of aryl methyl sites for hydroxylation is 1. The third kappa shape index (κ3) is 7.95. The summed E-state index contributed by atoms with van der Waals surface area (Å²) in [6, 6.07) is 16.0. The summed E-state index contributed by atoms with van der Waals surface area (Å²) in [5.41, 5.74) is 4.74. The molecule has 1 unspecified atom stereocenters. The Kier molecular flexibility index (Phi) is 11.6. The van der Waals surface area contributed by atoms with Crippen molar-refractivity contribution in [1.29, 1.82) is 0 Å². The van der Waals surface area contributed by atoms with E-state index in [4.69, 9.17) is 0 Å². The first-order chi connectivity index (χ1) is 21.5. The number of hydrogen-bond donors (Lipinski definition) is 0. The van der Waals surface area contributed by atoms with Gasteiger partial charge in [0.2, 0.25) is 0 Å². The van der Waals surface area contributed by atoms with E-state index in [0.29, 0.717) is 23.1 Å². The third-order valence-electron chi connectivity index (χ3n) is 10.3. The van der Waals surface area contributed by atoms with Gasteiger partial charge in [-0.1, -0.05) is 106 Å². The Hall–Kier alpha value is -3.07. The summed E-state index contributed by atoms with van der Waals surface area (Å²) in [7, 11) is 0. The Bertz CT molecular complexity index is 1420. The number of benzene rings is 3. The van der Waals surface area contributed by atoms with Gasteiger partial charge in [-0.3, -0.25) is 0 Å². The first kappa shape index (κ1) is 32.3. The second-order valence-electron chi connectivity index (χ2n) is 13.2. The molecule has 0 N–H and O–H groups in total. The lowest BCUT2D eigenvalue weighted by atomic mass is 9.70. The fourth-order valence-corrected chi connectivity index (χ4v) is 7.52. The van der Waals surface area contributed by atoms with Gasteiger partial charge in [-0.05, 0) is 116 Å². The van der Waals surface area contributed by atoms with Crippen LogP contribution in [0.2, 0.25) is 0 Å². The summed E-state index contributed by atoms with van der Waals surface area (Å²) in [5.74, 6) is 0.687. The Morgan fingerprint density at radius 1 is 0.727 bits per heavy atom. The maximum Gasteiger partial charge on any atom is 0.166 e. The number of halogens is 3. The molecular formula is C41H49F3. The molecule has 0 spiro atoms. The van der Waals surface area contributed by atoms with Gasteiger partial charge < -0.3 is 0 Å². The van der Waals surface area contributed by atoms with Crippen LogP contribution in [0.1, 0.15) is 108 Å². The van der Waals surface area contributed by atoms with E-state index >= 15 is 4.39 Å². The second-order valence-corrected chi connectivity index (χ2v) is 13.2. The Morgan fingerprint density at radius 3 is 2.09 bits per heavy atom. The molecule has 2 aliphatic carbocycles. The van der Waals surface area contributed by atoms with E-state index in [1.807, 2.05) is 12.1 Å². The average Bonchev–Trinajstić information content (AvgIpc) is 3.06. The van der Waals surface area contributed by atoms with Gasteiger partial charge in [-0.15, -0.1) is 0 Å². The van der Waals surface area contributed by atoms with E-state index in [2.05, 4.69) is 32.1 Å². The molecule has 0 amide bonds. The van der Waals surface area contributed by atoms with Crippen LogP contribution in [0.4, 0.5) is 13.2 Å². The topological polar surface area (TPSA) is 0 Å². The molecular weight excluding hydrogens is 549 g/mol. The van der Waals surface area contributed by atoms with Crippen LogP contribution in [-0.2, 0) is 6.42 Å². The van der Waals surface area contributed by atoms with Crippen LogP contribution >= 0.6 is 0 Å². The van der Waals surface area contributed by atoms with Gasteiger partial charge in [0.1, 0.15) is 5.82 Å². The first-order valence-corrected chi connectivity index (χ1v) is 17.2. The van der Waals surface area contributed by atoms with Gasteiger partial charge in [0.15, 0.2) is 11.6 Å². The van der Waals surface area contributed by atoms with E-state index in [9.17, 15) is 8.78 Å². The van der Waals surface area contributed by atoms with Crippen LogP contribution in [0.25, 0.3) is 27.8 Å². The molecule has 0 aliphatic heterocycles. The summed E-state index contributed by atoms with van der Waals surface area (Å²) in [6.07, 6.45) is 22.8. The highest BCUT2D eigenvalue weighted by Gasteiger charge is 2.28. The van der Waals surface area contributed by atoms with Crippen molar-refractivity contribution in [3.8, 4) is 22.3 Å². The SMILES string of the molecule is CC=CCCC1CCC(C2CC=C(c3ccc(-c4ccc(-c5ccc(CCCCCC)c(F)c5F)cc4)c(F)c3)CC2)CC1. The fourth-order valence-electron chi connectivity index (χ4n) is 7.52. The minimum absolute atomic E-state index is 0.238. The molecule has 3 heteroatoms. The highest BCUT2D eigenvalue weighted by atomic mass is 19.2. The van der Waals surface area contributed by atoms with Gasteiger partial charge in [0.25, 0.3) is 0 Å². The average molecular weight is 599 g/mol. The zero-order valence-electron chi connectivity index (χ0n) is 26.7. The molecule has 44 heavy (non-hydrogen) atoms. The molecule has 0 aromatic heterocycles. The van der Waals surface area contributed by atoms with Crippen molar-refractivity contribution in [2.45, 2.75) is 104 Å². The molecule has 1 saturated carbocycles. The second kappa shape index (κ2) is 15.8. The highest BCUT2D eigenvalue weighted by Crippen LogP contribution is 2.42. The Labute approximate surface area is 263 Å². The Morgan fingerprint density at radius 2 is 1.43 bits per heavy atom. The maximum absolute atomic E-state index is 15.4. The largest absolute Gasteiger partial charge is 0.206 e. The van der Waals surface area contributed by atoms with Crippen molar-refractivity contribution < 1.29 is 13.2 Å². The van der Waals surface area contributed by atoms with E-state index in [0.717, 1.165) is 67.4 Å². The number of rotatable bonds is 12. The van der Waals surface area contributed by atoms with Crippen LogP contribution in [0, 0.1) is 35.2 Å². The van der Waals surface area contributed by atoms with Crippen molar-refractivity contribution >= 4 is 5.57 Å². The summed E-state index contributed by atoms with van der Waals surface area (Å²) in [5, 5.41) is 0. The smallest absolute Gasteiger partial charge is 0.166 e. The van der Waals surface area contributed by atoms with Crippen LogP contribution in [0.3, 0.4) is 0 Å². The zero-order valence-corrected chi connectivity index (χ0v) is 26.7. The molecule has 0 heterocycles. The maximum atomic E-state index is 15.4. The first-order valence-electron chi connectivity index (χ1n) is 17.2. The molecule has 5 rings (SSSR count). The highest BCUT2D eigenvalue weighted by molar-refractivity contribution is 5.74. The molecule has 0 bridgehead atoms. The van der Waals surface area contributed by atoms with Crippen LogP contribution < -0.4 is 0 Å². The van der Waals surface area contributed by atoms with E-state index in [1.54, 1.807) is 42.5 Å². The summed E-state index contributed by atoms with van der Waals surface area (Å²) < 4.78 is 45.2. The Balaban J connectivity index is 1.19. The molecule has 3 aromatic rings. The summed E-state index contributed by atoms with van der Waals surface area (Å²) in [4.78, 5) is 0. The minimum Gasteiger partial charge on any atom is -0.206 e. The summed E-state index contributed by atoms with van der Waals surface area (Å²) in [6.45, 7) is 4.24. The predicted molar refractivity (Wildman–Crippen MR) is 180 cm³/mol. The molecule has 3 aromatic carbocycles. The van der Waals surface area contributed by atoms with Gasteiger partial charge in [-0.2, -0.15) is 0 Å². The van der Waals surface area contributed by atoms with Crippen molar-refractivity contribution in [2.24, 2.45) is 17.8 Å². The number of hydrogen-bond acceptors (Lipinski definition) is 0. The van der Waals surface area contributed by atoms with Gasteiger partial charge in [-0.25, -0.2) is 13.2 Å². The molecule has 2 aliphatic rings. The fraction of sp³-hybridized carbons (Fsp3) is 0.463. The molecule has 0 saturated heterocycles. The monoisotopic (exact) mass is 598 g/mol. The van der Waals surface area contributed by atoms with Crippen molar-refractivity contribution in [1.82, 2.24) is 0 Å². The zero-order chi connectivity index (χ0) is 30.9. The molecule has 234 valence electrons. The third-order valence-corrected chi connectivity index (χ3v) is 10.3. The van der Waals surface area contributed by atoms with Crippen LogP contribution in [0.5, 0.6) is 0 Å². The van der Waals surface area contributed by atoms with Gasteiger partial charge >= 0.3 is 0 Å². The quantitative estimate of drug-likeness (QED) is 0.144. The number of unbranched alkanes of at least 4 members (excludes halogenated alkanes) is 3. The molecule has 0 radical (unpaired) electrons. The molecule has 1 atom stereocenters. The predicted octanol–water partition coefficient (Wildman–Crippen LogP) is 12.9. The van der Waals surface area contributed by atoms with E-state index in [1.165, 1.54) is 50.5 Å². The van der Waals surface area contributed by atoms with Crippen molar-refractivity contribution in [3.63, 3.8) is 0 Å². The lowest BCUT2D eigenvalue weighted by molar-refractivity contribution is 0.190. The molecule has 0 nitrogen and oxygen atoms in total. The van der Waals surface area contributed by atoms with Crippen LogP contribution in [-0.4, -0.2) is 0 Å². The van der Waals surface area contributed by atoms with Gasteiger partial charge in [0, 0.05) is 11.1 Å². The standard InChI is InChI=1S/C41H49F3/c1-3-5-7-9-11-35-24-27-38(41(44)40(35)43)34-22-20-33(21-23-34)37-26-25-36(28-39(37)42)32-18-16-31(17-19-32)30-14-12-29(13-15-30)10-8-6-4-2/h4,6,18,20-31H,3,5,7-17,19H2,1-2H3. The van der Waals surface area contributed by atoms with Crippen LogP contribution in [0.15, 0.2) is 72.8 Å².